The number of alkyl halides is 3. The number of benzene rings is 2. The molecule has 0 spiro atoms. The molecule has 2 aromatic rings. The molecule has 0 N–H and O–H groups in total. The van der Waals surface area contributed by atoms with Crippen LogP contribution in [0.1, 0.15) is 43.4 Å². The van der Waals surface area contributed by atoms with Gasteiger partial charge in [0.2, 0.25) is 0 Å². The molecule has 0 amide bonds. The number of thioether (sulfide) groups is 1. The van der Waals surface area contributed by atoms with Crippen molar-refractivity contribution in [3.63, 3.8) is 0 Å². The van der Waals surface area contributed by atoms with E-state index in [1.54, 1.807) is 43.5 Å². The Kier molecular flexibility index (Phi) is 8.99. The molecule has 0 aromatic heterocycles. The molecule has 1 aliphatic rings. The molecule has 9 heteroatoms. The Labute approximate surface area is 207 Å². The molecule has 0 saturated carbocycles. The van der Waals surface area contributed by atoms with Gasteiger partial charge in [-0.3, -0.25) is 9.89 Å². The molecule has 2 aromatic carbocycles. The van der Waals surface area contributed by atoms with Gasteiger partial charge in [-0.25, -0.2) is 4.79 Å². The summed E-state index contributed by atoms with van der Waals surface area (Å²) in [5.41, 5.74) is 1.14. The van der Waals surface area contributed by atoms with Crippen LogP contribution in [0.4, 0.5) is 18.9 Å². The molecule has 184 valence electrons. The number of esters is 1. The number of hydrogen-bond donors (Lipinski definition) is 0. The smallest absolute Gasteiger partial charge is 0.416 e. The normalized spacial score (nSPS) is 15.8. The first-order valence-electron chi connectivity index (χ1n) is 11.3. The molecule has 0 radical (unpaired) electrons. The molecule has 1 unspecified atom stereocenters. The zero-order valence-electron chi connectivity index (χ0n) is 19.5. The first-order chi connectivity index (χ1) is 16.8. The minimum Gasteiger partial charge on any atom is -0.463 e. The Morgan fingerprint density at radius 3 is 2.57 bits per heavy atom. The fourth-order valence-corrected chi connectivity index (χ4v) is 4.59. The summed E-state index contributed by atoms with van der Waals surface area (Å²) in [7, 11) is 0. The summed E-state index contributed by atoms with van der Waals surface area (Å²) in [4.78, 5) is 19.2. The van der Waals surface area contributed by atoms with Crippen molar-refractivity contribution in [2.24, 2.45) is 4.99 Å². The zero-order valence-corrected chi connectivity index (χ0v) is 20.3. The fourth-order valence-electron chi connectivity index (χ4n) is 3.47. The van der Waals surface area contributed by atoms with Gasteiger partial charge >= 0.3 is 12.1 Å². The average molecular weight is 502 g/mol. The van der Waals surface area contributed by atoms with Crippen molar-refractivity contribution in [2.75, 3.05) is 17.3 Å². The SMILES string of the molecule is CCCCSC1=NC(Cc2ccc(C#N)cc2)C(C(=O)OCC)=CN1c1cccc(C(F)(F)F)c1. The van der Waals surface area contributed by atoms with Crippen LogP contribution in [-0.4, -0.2) is 29.5 Å². The summed E-state index contributed by atoms with van der Waals surface area (Å²) in [5, 5.41) is 9.57. The lowest BCUT2D eigenvalue weighted by molar-refractivity contribution is -0.139. The van der Waals surface area contributed by atoms with E-state index in [0.717, 1.165) is 36.3 Å². The molecular formula is C26H26F3N3O2S. The number of anilines is 1. The number of nitriles is 1. The number of aliphatic imine (C=N–C) groups is 1. The lowest BCUT2D eigenvalue weighted by Gasteiger charge is -2.31. The van der Waals surface area contributed by atoms with Gasteiger partial charge in [-0.1, -0.05) is 43.3 Å². The Morgan fingerprint density at radius 2 is 1.94 bits per heavy atom. The highest BCUT2D eigenvalue weighted by Crippen LogP contribution is 2.34. The first kappa shape index (κ1) is 26.4. The van der Waals surface area contributed by atoms with Crippen molar-refractivity contribution in [1.82, 2.24) is 0 Å². The third-order valence-corrected chi connectivity index (χ3v) is 6.36. The minimum atomic E-state index is -4.50. The predicted molar refractivity (Wildman–Crippen MR) is 132 cm³/mol. The first-order valence-corrected chi connectivity index (χ1v) is 12.3. The maximum Gasteiger partial charge on any atom is 0.416 e. The van der Waals surface area contributed by atoms with Gasteiger partial charge in [0.1, 0.15) is 0 Å². The van der Waals surface area contributed by atoms with E-state index in [9.17, 15) is 18.0 Å². The van der Waals surface area contributed by atoms with Crippen LogP contribution in [-0.2, 0) is 22.1 Å². The van der Waals surface area contributed by atoms with Gasteiger partial charge in [-0.15, -0.1) is 0 Å². The maximum atomic E-state index is 13.4. The second-order valence-corrected chi connectivity index (χ2v) is 8.93. The van der Waals surface area contributed by atoms with Crippen molar-refractivity contribution < 1.29 is 22.7 Å². The van der Waals surface area contributed by atoms with E-state index < -0.39 is 23.8 Å². The lowest BCUT2D eigenvalue weighted by Crippen LogP contribution is -2.35. The maximum absolute atomic E-state index is 13.4. The highest BCUT2D eigenvalue weighted by Gasteiger charge is 2.33. The molecule has 1 heterocycles. The van der Waals surface area contributed by atoms with Gasteiger partial charge in [-0.05, 0) is 55.7 Å². The van der Waals surface area contributed by atoms with Crippen LogP contribution in [0.5, 0.6) is 0 Å². The molecule has 1 atom stereocenters. The molecule has 0 bridgehead atoms. The standard InChI is InChI=1S/C26H26F3N3O2S/c1-3-5-13-35-25-31-23(14-18-9-11-19(16-30)12-10-18)22(24(33)34-4-2)17-32(25)21-8-6-7-20(15-21)26(27,28)29/h6-12,15,17,23H,3-5,13-14H2,1-2H3. The second-order valence-electron chi connectivity index (χ2n) is 7.87. The largest absolute Gasteiger partial charge is 0.463 e. The predicted octanol–water partition coefficient (Wildman–Crippen LogP) is 6.34. The Bertz CT molecular complexity index is 1140. The molecule has 0 fully saturated rings. The van der Waals surface area contributed by atoms with E-state index in [1.165, 1.54) is 22.7 Å². The minimum absolute atomic E-state index is 0.158. The third kappa shape index (κ3) is 6.89. The van der Waals surface area contributed by atoms with Crippen LogP contribution in [0, 0.1) is 11.3 Å². The van der Waals surface area contributed by atoms with Crippen molar-refractivity contribution >= 4 is 28.6 Å². The van der Waals surface area contributed by atoms with E-state index in [-0.39, 0.29) is 17.9 Å². The van der Waals surface area contributed by atoms with Crippen LogP contribution in [0.3, 0.4) is 0 Å². The summed E-state index contributed by atoms with van der Waals surface area (Å²) in [6.07, 6.45) is -0.699. The van der Waals surface area contributed by atoms with Gasteiger partial charge in [0, 0.05) is 17.6 Å². The molecule has 0 saturated heterocycles. The number of carbonyl (C=O) groups is 1. The van der Waals surface area contributed by atoms with Crippen LogP contribution < -0.4 is 4.90 Å². The number of halogens is 3. The van der Waals surface area contributed by atoms with Crippen molar-refractivity contribution in [3.05, 3.63) is 77.0 Å². The van der Waals surface area contributed by atoms with Gasteiger partial charge < -0.3 is 4.74 Å². The van der Waals surface area contributed by atoms with Crippen molar-refractivity contribution in [2.45, 2.75) is 45.3 Å². The number of ether oxygens (including phenoxy) is 1. The van der Waals surface area contributed by atoms with E-state index in [2.05, 4.69) is 13.0 Å². The molecule has 3 rings (SSSR count). The Morgan fingerprint density at radius 1 is 1.20 bits per heavy atom. The summed E-state index contributed by atoms with van der Waals surface area (Å²) < 4.78 is 45.4. The molecule has 1 aliphatic heterocycles. The number of carbonyl (C=O) groups excluding carboxylic acids is 1. The Hall–Kier alpha value is -3.25. The quantitative estimate of drug-likeness (QED) is 0.312. The van der Waals surface area contributed by atoms with Gasteiger partial charge in [0.15, 0.2) is 5.17 Å². The third-order valence-electron chi connectivity index (χ3n) is 5.30. The van der Waals surface area contributed by atoms with Gasteiger partial charge in [-0.2, -0.15) is 18.4 Å². The lowest BCUT2D eigenvalue weighted by atomic mass is 9.98. The number of hydrogen-bond acceptors (Lipinski definition) is 6. The average Bonchev–Trinajstić information content (AvgIpc) is 2.84. The number of unbranched alkanes of at least 4 members (excludes halogenated alkanes) is 1. The van der Waals surface area contributed by atoms with Crippen molar-refractivity contribution in [1.29, 1.82) is 5.26 Å². The summed E-state index contributed by atoms with van der Waals surface area (Å²) in [6, 6.07) is 13.5. The summed E-state index contributed by atoms with van der Waals surface area (Å²) >= 11 is 1.44. The summed E-state index contributed by atoms with van der Waals surface area (Å²) in [6.45, 7) is 3.90. The fraction of sp³-hybridized carbons (Fsp3) is 0.346. The van der Waals surface area contributed by atoms with E-state index in [1.807, 2.05) is 0 Å². The molecule has 35 heavy (non-hydrogen) atoms. The van der Waals surface area contributed by atoms with Crippen molar-refractivity contribution in [3.8, 4) is 6.07 Å². The Balaban J connectivity index is 2.03. The number of rotatable bonds is 8. The van der Waals surface area contributed by atoms with Crippen LogP contribution in [0.2, 0.25) is 0 Å². The topological polar surface area (TPSA) is 65.7 Å². The molecule has 5 nitrogen and oxygen atoms in total. The number of amidine groups is 1. The molecule has 0 aliphatic carbocycles. The zero-order chi connectivity index (χ0) is 25.4. The second kappa shape index (κ2) is 11.9. The van der Waals surface area contributed by atoms with Gasteiger partial charge in [0.05, 0.1) is 35.4 Å². The summed E-state index contributed by atoms with van der Waals surface area (Å²) in [5.74, 6) is 0.168. The van der Waals surface area contributed by atoms with Crippen LogP contribution >= 0.6 is 11.8 Å². The highest BCUT2D eigenvalue weighted by atomic mass is 32.2. The highest BCUT2D eigenvalue weighted by molar-refractivity contribution is 8.14. The van der Waals surface area contributed by atoms with Crippen LogP contribution in [0.25, 0.3) is 0 Å². The van der Waals surface area contributed by atoms with E-state index in [0.29, 0.717) is 17.2 Å². The monoisotopic (exact) mass is 501 g/mol. The van der Waals surface area contributed by atoms with E-state index in [4.69, 9.17) is 15.0 Å². The van der Waals surface area contributed by atoms with Gasteiger partial charge in [0.25, 0.3) is 0 Å². The molecular weight excluding hydrogens is 475 g/mol. The number of nitrogens with zero attached hydrogens (tertiary/aromatic N) is 3. The van der Waals surface area contributed by atoms with Crippen LogP contribution in [0.15, 0.2) is 65.3 Å². The van der Waals surface area contributed by atoms with E-state index >= 15 is 0 Å².